The van der Waals surface area contributed by atoms with Crippen molar-refractivity contribution < 1.29 is 63.5 Å². The summed E-state index contributed by atoms with van der Waals surface area (Å²) in [5.41, 5.74) is -3.27. The van der Waals surface area contributed by atoms with Crippen LogP contribution in [0.3, 0.4) is 0 Å². The van der Waals surface area contributed by atoms with Gasteiger partial charge in [-0.25, -0.2) is 0 Å². The molecule has 52 heavy (non-hydrogen) atoms. The van der Waals surface area contributed by atoms with Gasteiger partial charge in [-0.1, -0.05) is 20.8 Å². The van der Waals surface area contributed by atoms with Crippen molar-refractivity contribution in [3.05, 3.63) is 11.3 Å². The van der Waals surface area contributed by atoms with Crippen molar-refractivity contribution in [1.82, 2.24) is 4.90 Å². The normalized spacial score (nSPS) is 48.1. The highest BCUT2D eigenvalue weighted by molar-refractivity contribution is 5.73. The molecule has 0 saturated carbocycles. The molecule has 3 fully saturated rings. The Labute approximate surface area is 309 Å². The maximum absolute atomic E-state index is 14.2. The number of methoxy groups -OCH3 is 1. The number of esters is 1. The monoisotopic (exact) mass is 745 g/mol. The predicted octanol–water partition coefficient (Wildman–Crippen LogP) is 2.25. The number of hydrogen-bond acceptors (Lipinski definition) is 14. The molecule has 0 aromatic heterocycles. The van der Waals surface area contributed by atoms with E-state index in [4.69, 9.17) is 33.2 Å². The summed E-state index contributed by atoms with van der Waals surface area (Å²) < 4.78 is 44.6. The Hall–Kier alpha value is -1.43. The maximum atomic E-state index is 14.2. The summed E-state index contributed by atoms with van der Waals surface area (Å²) in [5, 5.41) is 56.0. The lowest BCUT2D eigenvalue weighted by Crippen LogP contribution is -2.60. The molecule has 0 spiro atoms. The first-order valence-electron chi connectivity index (χ1n) is 19.0. The fourth-order valence-electron chi connectivity index (χ4n) is 8.86. The van der Waals surface area contributed by atoms with Crippen molar-refractivity contribution in [3.63, 3.8) is 0 Å². The molecule has 4 rings (SSSR count). The van der Waals surface area contributed by atoms with Crippen LogP contribution in [0.1, 0.15) is 94.9 Å². The Morgan fingerprint density at radius 2 is 1.63 bits per heavy atom. The van der Waals surface area contributed by atoms with Crippen molar-refractivity contribution in [2.24, 2.45) is 17.8 Å². The number of rotatable bonds is 9. The third kappa shape index (κ3) is 8.52. The number of hydrogen-bond donors (Lipinski definition) is 5. The molecular weight excluding hydrogens is 678 g/mol. The second-order valence-electron chi connectivity index (χ2n) is 16.6. The van der Waals surface area contributed by atoms with Crippen LogP contribution in [0.2, 0.25) is 0 Å². The number of cyclic esters (lactones) is 1. The van der Waals surface area contributed by atoms with E-state index >= 15 is 0 Å². The van der Waals surface area contributed by atoms with Crippen LogP contribution in [0.5, 0.6) is 0 Å². The van der Waals surface area contributed by atoms with Crippen molar-refractivity contribution >= 4 is 5.97 Å². The molecule has 4 heterocycles. The van der Waals surface area contributed by atoms with Gasteiger partial charge in [0.1, 0.15) is 41.4 Å². The molecule has 4 aliphatic heterocycles. The van der Waals surface area contributed by atoms with Gasteiger partial charge in [0, 0.05) is 50.9 Å². The summed E-state index contributed by atoms with van der Waals surface area (Å²) in [6, 6.07) is -0.242. The van der Waals surface area contributed by atoms with Gasteiger partial charge in [-0.2, -0.15) is 0 Å². The average Bonchev–Trinajstić information content (AvgIpc) is 3.41. The first-order valence-corrected chi connectivity index (χ1v) is 19.0. The lowest BCUT2D eigenvalue weighted by Gasteiger charge is -2.48. The van der Waals surface area contributed by atoms with Gasteiger partial charge >= 0.3 is 5.97 Å². The van der Waals surface area contributed by atoms with Crippen molar-refractivity contribution in [2.45, 2.75) is 179 Å². The highest BCUT2D eigenvalue weighted by Crippen LogP contribution is 2.47. The van der Waals surface area contributed by atoms with Gasteiger partial charge in [-0.3, -0.25) is 4.79 Å². The maximum Gasteiger partial charge on any atom is 0.311 e. The number of aliphatic hydroxyl groups excluding tert-OH is 4. The number of aliphatic hydroxyl groups is 5. The van der Waals surface area contributed by atoms with Crippen LogP contribution >= 0.6 is 0 Å². The lowest BCUT2D eigenvalue weighted by molar-refractivity contribution is -0.317. The third-order valence-electron chi connectivity index (χ3n) is 12.4. The Kier molecular flexibility index (Phi) is 13.9. The topological polar surface area (TPSA) is 186 Å². The van der Waals surface area contributed by atoms with Gasteiger partial charge in [0.15, 0.2) is 12.6 Å². The van der Waals surface area contributed by atoms with Crippen LogP contribution in [0, 0.1) is 17.8 Å². The SMILES string of the molecule is CCN(C)[C@H]1C[C@@H](C)O[C@@H](OC2C(C)C(O[C@@H]3C[C@@](C)(OC)[C@@H](O)[C@H](C)O3)C(C)C(=O)O[C@H](CCO)[C@@](C)(O)[C@H](O)[C@@H](C)C3=C(C)C[C@@]2(C)O3)[C@@H]1O. The zero-order valence-electron chi connectivity index (χ0n) is 33.3. The minimum atomic E-state index is -1.98. The molecule has 17 atom stereocenters. The zero-order chi connectivity index (χ0) is 39.1. The molecule has 0 amide bonds. The highest BCUT2D eigenvalue weighted by atomic mass is 16.7. The second kappa shape index (κ2) is 16.7. The van der Waals surface area contributed by atoms with Crippen molar-refractivity contribution in [3.8, 4) is 0 Å². The summed E-state index contributed by atoms with van der Waals surface area (Å²) in [5.74, 6) is -2.68. The van der Waals surface area contributed by atoms with E-state index in [-0.39, 0.29) is 25.0 Å². The predicted molar refractivity (Wildman–Crippen MR) is 190 cm³/mol. The zero-order valence-corrected chi connectivity index (χ0v) is 33.3. The smallest absolute Gasteiger partial charge is 0.311 e. The van der Waals surface area contributed by atoms with Crippen molar-refractivity contribution in [1.29, 1.82) is 0 Å². The Morgan fingerprint density at radius 1 is 0.981 bits per heavy atom. The number of fused-ring (bicyclic) bond motifs is 2. The number of carbonyl (C=O) groups is 1. The number of carbonyl (C=O) groups excluding carboxylic acids is 1. The Morgan fingerprint density at radius 3 is 2.23 bits per heavy atom. The molecule has 2 bridgehead atoms. The molecule has 14 nitrogen and oxygen atoms in total. The quantitative estimate of drug-likeness (QED) is 0.217. The molecule has 4 unspecified atom stereocenters. The lowest BCUT2D eigenvalue weighted by atomic mass is 9.78. The summed E-state index contributed by atoms with van der Waals surface area (Å²) in [6.07, 6.45) is -8.45. The second-order valence-corrected chi connectivity index (χ2v) is 16.6. The summed E-state index contributed by atoms with van der Waals surface area (Å²) in [6.45, 7) is 18.2. The Balaban J connectivity index is 1.85. The highest BCUT2D eigenvalue weighted by Gasteiger charge is 2.56. The Bertz CT molecular complexity index is 1250. The van der Waals surface area contributed by atoms with Gasteiger partial charge in [-0.15, -0.1) is 0 Å². The average molecular weight is 746 g/mol. The minimum absolute atomic E-state index is 0.131. The largest absolute Gasteiger partial charge is 0.489 e. The molecule has 0 aliphatic carbocycles. The first kappa shape index (κ1) is 43.3. The standard InChI is InChI=1S/C38H67NO13/c1-13-39(11)25-16-20(3)47-35(28(25)41)51-33-22(5)30(50-27-18-36(8,46-12)32(43)24(7)48-27)23(6)34(44)49-26(14-15-40)38(10,45)31(42)21(4)29-19(2)17-37(33,9)52-29/h20-28,30-33,35,40-43,45H,13-18H2,1-12H3/t20-,21+,22?,23?,24+,25+,26-,27-,28-,30?,31-,32+,33?,35+,36-,37-,38-/m1/s1. The summed E-state index contributed by atoms with van der Waals surface area (Å²) in [4.78, 5) is 16.2. The van der Waals surface area contributed by atoms with Crippen LogP contribution in [0.4, 0.5) is 0 Å². The summed E-state index contributed by atoms with van der Waals surface area (Å²) in [7, 11) is 3.46. The molecule has 4 aliphatic rings. The fraction of sp³-hybridized carbons (Fsp3) is 0.921. The van der Waals surface area contributed by atoms with E-state index in [2.05, 4.69) is 4.90 Å². The molecule has 0 aromatic carbocycles. The van der Waals surface area contributed by atoms with Gasteiger partial charge in [0.05, 0.1) is 35.9 Å². The molecule has 14 heteroatoms. The molecule has 0 radical (unpaired) electrons. The van der Waals surface area contributed by atoms with Gasteiger partial charge in [-0.05, 0) is 74.1 Å². The first-order chi connectivity index (χ1) is 24.1. The van der Waals surface area contributed by atoms with Gasteiger partial charge in [0.2, 0.25) is 0 Å². The van der Waals surface area contributed by atoms with E-state index in [1.807, 2.05) is 41.7 Å². The van der Waals surface area contributed by atoms with Gasteiger partial charge in [0.25, 0.3) is 0 Å². The van der Waals surface area contributed by atoms with E-state index in [9.17, 15) is 30.3 Å². The summed E-state index contributed by atoms with van der Waals surface area (Å²) >= 11 is 0. The number of ether oxygens (including phenoxy) is 7. The molecule has 0 aromatic rings. The third-order valence-corrected chi connectivity index (χ3v) is 12.4. The molecule has 302 valence electrons. The minimum Gasteiger partial charge on any atom is -0.489 e. The van der Waals surface area contributed by atoms with Crippen molar-refractivity contribution in [2.75, 3.05) is 27.3 Å². The molecular formula is C38H67NO13. The van der Waals surface area contributed by atoms with E-state index in [1.54, 1.807) is 27.7 Å². The van der Waals surface area contributed by atoms with Crippen LogP contribution in [0.25, 0.3) is 0 Å². The van der Waals surface area contributed by atoms with E-state index in [0.717, 1.165) is 5.57 Å². The van der Waals surface area contributed by atoms with Crippen LogP contribution < -0.4 is 0 Å². The van der Waals surface area contributed by atoms with E-state index in [0.29, 0.717) is 25.1 Å². The van der Waals surface area contributed by atoms with E-state index < -0.39 is 102 Å². The van der Waals surface area contributed by atoms with Crippen LogP contribution in [-0.2, 0) is 38.0 Å². The van der Waals surface area contributed by atoms with E-state index in [1.165, 1.54) is 14.0 Å². The van der Waals surface area contributed by atoms with Crippen LogP contribution in [0.15, 0.2) is 11.3 Å². The van der Waals surface area contributed by atoms with Gasteiger partial charge < -0.3 is 63.6 Å². The number of likely N-dealkylation sites (N-methyl/N-ethyl adjacent to an activating group) is 1. The number of nitrogens with zero attached hydrogens (tertiary/aromatic N) is 1. The molecule has 3 saturated heterocycles. The fourth-order valence-corrected chi connectivity index (χ4v) is 8.86. The van der Waals surface area contributed by atoms with Crippen LogP contribution in [-0.4, -0.2) is 148 Å². The molecule has 5 N–H and O–H groups in total.